The average molecular weight is 266 g/mol. The van der Waals surface area contributed by atoms with Crippen molar-refractivity contribution in [1.82, 2.24) is 5.32 Å². The molecule has 1 N–H and O–H groups in total. The number of nitriles is 1. The van der Waals surface area contributed by atoms with Gasteiger partial charge in [0, 0.05) is 12.1 Å². The molecule has 0 saturated heterocycles. The second-order valence-corrected chi connectivity index (χ2v) is 4.72. The molecule has 0 radical (unpaired) electrons. The first-order chi connectivity index (χ1) is 9.69. The Balaban J connectivity index is 2.66. The highest BCUT2D eigenvalue weighted by Gasteiger charge is 2.11. The van der Waals surface area contributed by atoms with Crippen molar-refractivity contribution in [2.45, 2.75) is 13.5 Å². The molecule has 2 aromatic rings. The average Bonchev–Trinajstić information content (AvgIpc) is 2.48. The van der Waals surface area contributed by atoms with Gasteiger partial charge in [-0.05, 0) is 43.3 Å². The van der Waals surface area contributed by atoms with Crippen LogP contribution in [0.4, 0.5) is 0 Å². The Bertz CT molecular complexity index is 657. The van der Waals surface area contributed by atoms with E-state index in [9.17, 15) is 0 Å². The minimum absolute atomic E-state index is 0.637. The van der Waals surface area contributed by atoms with Gasteiger partial charge < -0.3 is 10.1 Å². The maximum atomic E-state index is 9.10. The van der Waals surface area contributed by atoms with Crippen LogP contribution in [0.2, 0.25) is 0 Å². The predicted octanol–water partition coefficient (Wildman–Crippen LogP) is 3.26. The molecule has 0 aromatic heterocycles. The lowest BCUT2D eigenvalue weighted by Gasteiger charge is -2.14. The van der Waals surface area contributed by atoms with Gasteiger partial charge in [0.2, 0.25) is 0 Å². The van der Waals surface area contributed by atoms with Gasteiger partial charge in [0.25, 0.3) is 0 Å². The third-order valence-electron chi connectivity index (χ3n) is 3.25. The molecule has 0 aliphatic carbocycles. The first-order valence-electron chi connectivity index (χ1n) is 6.52. The van der Waals surface area contributed by atoms with Crippen molar-refractivity contribution < 1.29 is 4.74 Å². The van der Waals surface area contributed by atoms with Gasteiger partial charge in [0.05, 0.1) is 18.7 Å². The van der Waals surface area contributed by atoms with E-state index < -0.39 is 0 Å². The number of methoxy groups -OCH3 is 1. The molecule has 3 heteroatoms. The first kappa shape index (κ1) is 14.1. The number of hydrogen-bond donors (Lipinski definition) is 1. The monoisotopic (exact) mass is 266 g/mol. The molecule has 0 spiro atoms. The zero-order valence-corrected chi connectivity index (χ0v) is 12.0. The summed E-state index contributed by atoms with van der Waals surface area (Å²) in [7, 11) is 3.57. The molecule has 0 aliphatic heterocycles. The molecule has 2 rings (SSSR count). The standard InChI is InChI=1S/C17H18N2O/c1-12-4-6-14(11-19-2)15(8-12)16-9-13(10-18)5-7-17(16)20-3/h4-9,19H,11H2,1-3H3. The van der Waals surface area contributed by atoms with E-state index in [4.69, 9.17) is 10.00 Å². The molecule has 0 heterocycles. The Hall–Kier alpha value is -2.31. The maximum absolute atomic E-state index is 9.10. The maximum Gasteiger partial charge on any atom is 0.126 e. The second kappa shape index (κ2) is 6.23. The van der Waals surface area contributed by atoms with Crippen molar-refractivity contribution in [2.24, 2.45) is 0 Å². The molecule has 102 valence electrons. The topological polar surface area (TPSA) is 45.0 Å². The summed E-state index contributed by atoms with van der Waals surface area (Å²) >= 11 is 0. The molecule has 3 nitrogen and oxygen atoms in total. The summed E-state index contributed by atoms with van der Waals surface area (Å²) in [6.45, 7) is 2.84. The van der Waals surface area contributed by atoms with Gasteiger partial charge in [-0.25, -0.2) is 0 Å². The molecule has 0 atom stereocenters. The fraction of sp³-hybridized carbons (Fsp3) is 0.235. The van der Waals surface area contributed by atoms with E-state index in [0.29, 0.717) is 5.56 Å². The van der Waals surface area contributed by atoms with Gasteiger partial charge in [0.1, 0.15) is 5.75 Å². The summed E-state index contributed by atoms with van der Waals surface area (Å²) < 4.78 is 5.44. The van der Waals surface area contributed by atoms with E-state index >= 15 is 0 Å². The van der Waals surface area contributed by atoms with Gasteiger partial charge in [-0.3, -0.25) is 0 Å². The van der Waals surface area contributed by atoms with Crippen LogP contribution in [0.3, 0.4) is 0 Å². The Kier molecular flexibility index (Phi) is 4.39. The predicted molar refractivity (Wildman–Crippen MR) is 80.6 cm³/mol. The highest BCUT2D eigenvalue weighted by molar-refractivity contribution is 5.75. The Labute approximate surface area is 119 Å². The van der Waals surface area contributed by atoms with Crippen LogP contribution < -0.4 is 10.1 Å². The zero-order valence-electron chi connectivity index (χ0n) is 12.0. The van der Waals surface area contributed by atoms with Crippen molar-refractivity contribution in [2.75, 3.05) is 14.2 Å². The highest BCUT2D eigenvalue weighted by Crippen LogP contribution is 2.33. The van der Waals surface area contributed by atoms with Crippen molar-refractivity contribution >= 4 is 0 Å². The van der Waals surface area contributed by atoms with E-state index in [1.807, 2.05) is 19.2 Å². The first-order valence-corrected chi connectivity index (χ1v) is 6.52. The number of aryl methyl sites for hydroxylation is 1. The SMILES string of the molecule is CNCc1ccc(C)cc1-c1cc(C#N)ccc1OC. The summed E-state index contributed by atoms with van der Waals surface area (Å²) in [6.07, 6.45) is 0. The molecular weight excluding hydrogens is 248 g/mol. The summed E-state index contributed by atoms with van der Waals surface area (Å²) in [5.41, 5.74) is 5.07. The fourth-order valence-electron chi connectivity index (χ4n) is 2.27. The van der Waals surface area contributed by atoms with Crippen molar-refractivity contribution in [3.05, 3.63) is 53.1 Å². The summed E-state index contributed by atoms with van der Waals surface area (Å²) in [6, 6.07) is 14.0. The van der Waals surface area contributed by atoms with Gasteiger partial charge in [-0.2, -0.15) is 5.26 Å². The number of nitrogens with one attached hydrogen (secondary N) is 1. The van der Waals surface area contributed by atoms with Gasteiger partial charge in [-0.1, -0.05) is 23.8 Å². The van der Waals surface area contributed by atoms with Crippen molar-refractivity contribution in [3.8, 4) is 22.9 Å². The van der Waals surface area contributed by atoms with Crippen LogP contribution in [0.1, 0.15) is 16.7 Å². The highest BCUT2D eigenvalue weighted by atomic mass is 16.5. The number of benzene rings is 2. The molecule has 0 unspecified atom stereocenters. The molecule has 0 bridgehead atoms. The minimum atomic E-state index is 0.637. The largest absolute Gasteiger partial charge is 0.496 e. The smallest absolute Gasteiger partial charge is 0.126 e. The normalized spacial score (nSPS) is 10.1. The zero-order chi connectivity index (χ0) is 14.5. The quantitative estimate of drug-likeness (QED) is 0.923. The van der Waals surface area contributed by atoms with Gasteiger partial charge in [0.15, 0.2) is 0 Å². The van der Waals surface area contributed by atoms with Crippen LogP contribution in [-0.4, -0.2) is 14.2 Å². The van der Waals surface area contributed by atoms with Crippen LogP contribution in [0.5, 0.6) is 5.75 Å². The van der Waals surface area contributed by atoms with E-state index in [-0.39, 0.29) is 0 Å². The van der Waals surface area contributed by atoms with E-state index in [0.717, 1.165) is 23.4 Å². The van der Waals surface area contributed by atoms with E-state index in [2.05, 4.69) is 36.5 Å². The third-order valence-corrected chi connectivity index (χ3v) is 3.25. The lowest BCUT2D eigenvalue weighted by Crippen LogP contribution is -2.07. The van der Waals surface area contributed by atoms with Gasteiger partial charge in [-0.15, -0.1) is 0 Å². The summed E-state index contributed by atoms with van der Waals surface area (Å²) in [5.74, 6) is 0.784. The summed E-state index contributed by atoms with van der Waals surface area (Å²) in [5, 5.41) is 12.3. The Morgan fingerprint density at radius 3 is 2.60 bits per heavy atom. The molecule has 0 saturated carbocycles. The molecule has 0 amide bonds. The van der Waals surface area contributed by atoms with Gasteiger partial charge >= 0.3 is 0 Å². The van der Waals surface area contributed by atoms with Crippen LogP contribution >= 0.6 is 0 Å². The third kappa shape index (κ3) is 2.81. The number of hydrogen-bond acceptors (Lipinski definition) is 3. The molecule has 20 heavy (non-hydrogen) atoms. The lowest BCUT2D eigenvalue weighted by molar-refractivity contribution is 0.416. The van der Waals surface area contributed by atoms with E-state index in [1.54, 1.807) is 13.2 Å². The van der Waals surface area contributed by atoms with Crippen molar-refractivity contribution in [1.29, 1.82) is 5.26 Å². The summed E-state index contributed by atoms with van der Waals surface area (Å²) in [4.78, 5) is 0. The lowest BCUT2D eigenvalue weighted by atomic mass is 9.95. The molecule has 0 aliphatic rings. The van der Waals surface area contributed by atoms with E-state index in [1.165, 1.54) is 11.1 Å². The fourth-order valence-corrected chi connectivity index (χ4v) is 2.27. The Morgan fingerprint density at radius 2 is 1.95 bits per heavy atom. The molecular formula is C17H18N2O. The molecule has 0 fully saturated rings. The number of ether oxygens (including phenoxy) is 1. The van der Waals surface area contributed by atoms with Crippen LogP contribution in [0, 0.1) is 18.3 Å². The number of rotatable bonds is 4. The van der Waals surface area contributed by atoms with Crippen LogP contribution in [0.25, 0.3) is 11.1 Å². The molecule has 2 aromatic carbocycles. The number of nitrogens with zero attached hydrogens (tertiary/aromatic N) is 1. The minimum Gasteiger partial charge on any atom is -0.496 e. The Morgan fingerprint density at radius 1 is 1.15 bits per heavy atom. The second-order valence-electron chi connectivity index (χ2n) is 4.72. The van der Waals surface area contributed by atoms with Crippen LogP contribution in [-0.2, 0) is 6.54 Å². The van der Waals surface area contributed by atoms with Crippen LogP contribution in [0.15, 0.2) is 36.4 Å². The van der Waals surface area contributed by atoms with Crippen molar-refractivity contribution in [3.63, 3.8) is 0 Å².